The van der Waals surface area contributed by atoms with E-state index in [1.54, 1.807) is 32.0 Å². The van der Waals surface area contributed by atoms with Gasteiger partial charge in [0.05, 0.1) is 16.2 Å². The molecule has 142 valence electrons. The van der Waals surface area contributed by atoms with Crippen molar-refractivity contribution in [3.05, 3.63) is 64.2 Å². The predicted octanol–water partition coefficient (Wildman–Crippen LogP) is 2.55. The molecule has 10 heteroatoms. The molecule has 0 fully saturated rings. The van der Waals surface area contributed by atoms with Crippen LogP contribution in [0.1, 0.15) is 24.2 Å². The van der Waals surface area contributed by atoms with Gasteiger partial charge in [0.15, 0.2) is 6.73 Å². The molecule has 1 aliphatic heterocycles. The van der Waals surface area contributed by atoms with Crippen molar-refractivity contribution in [3.8, 4) is 5.75 Å². The van der Waals surface area contributed by atoms with Gasteiger partial charge < -0.3 is 4.74 Å². The van der Waals surface area contributed by atoms with Gasteiger partial charge in [-0.15, -0.1) is 0 Å². The van der Waals surface area contributed by atoms with E-state index in [0.29, 0.717) is 0 Å². The van der Waals surface area contributed by atoms with Crippen LogP contribution in [-0.2, 0) is 10.2 Å². The molecule has 27 heavy (non-hydrogen) atoms. The smallest absolute Gasteiger partial charge is 0.331 e. The Balaban J connectivity index is 1.94. The topological polar surface area (TPSA) is 110 Å². The SMILES string of the molecule is CC(C)N1C(=O)c2ccccc2N(COc2ccc([N+](=O)[O-])cc2)S1(=O)=O. The third-order valence-corrected chi connectivity index (χ3v) is 5.94. The van der Waals surface area contributed by atoms with E-state index in [9.17, 15) is 23.3 Å². The molecule has 0 bridgehead atoms. The van der Waals surface area contributed by atoms with Gasteiger partial charge in [-0.2, -0.15) is 8.42 Å². The lowest BCUT2D eigenvalue weighted by molar-refractivity contribution is -0.384. The van der Waals surface area contributed by atoms with Gasteiger partial charge in [0.1, 0.15) is 5.75 Å². The second-order valence-electron chi connectivity index (χ2n) is 6.09. The lowest BCUT2D eigenvalue weighted by Crippen LogP contribution is -2.54. The largest absolute Gasteiger partial charge is 0.472 e. The highest BCUT2D eigenvalue weighted by atomic mass is 32.2. The Labute approximate surface area is 156 Å². The fourth-order valence-electron chi connectivity index (χ4n) is 2.76. The average molecular weight is 391 g/mol. The number of para-hydroxylation sites is 1. The number of hydrogen-bond donors (Lipinski definition) is 0. The van der Waals surface area contributed by atoms with Gasteiger partial charge in [-0.3, -0.25) is 14.9 Å². The van der Waals surface area contributed by atoms with Gasteiger partial charge >= 0.3 is 10.2 Å². The second-order valence-corrected chi connectivity index (χ2v) is 7.82. The molecule has 2 aromatic carbocycles. The standard InChI is InChI=1S/C17H17N3O6S/c1-12(2)19-17(21)15-5-3-4-6-16(15)18(27(19,24)25)11-26-14-9-7-13(8-10-14)20(22)23/h3-10,12H,11H2,1-2H3. The molecule has 0 saturated heterocycles. The summed E-state index contributed by atoms with van der Waals surface area (Å²) in [6.07, 6.45) is 0. The third-order valence-electron chi connectivity index (χ3n) is 4.00. The summed E-state index contributed by atoms with van der Waals surface area (Å²) in [5.74, 6) is -0.325. The van der Waals surface area contributed by atoms with Crippen LogP contribution in [0.15, 0.2) is 48.5 Å². The Morgan fingerprint density at radius 2 is 1.74 bits per heavy atom. The summed E-state index contributed by atoms with van der Waals surface area (Å²) in [5, 5.41) is 10.7. The van der Waals surface area contributed by atoms with Gasteiger partial charge in [0.25, 0.3) is 11.6 Å². The molecule has 0 saturated carbocycles. The molecule has 1 amide bonds. The normalized spacial score (nSPS) is 15.6. The Morgan fingerprint density at radius 1 is 1.11 bits per heavy atom. The number of benzene rings is 2. The molecule has 0 atom stereocenters. The van der Waals surface area contributed by atoms with Crippen molar-refractivity contribution in [2.45, 2.75) is 19.9 Å². The first-order valence-corrected chi connectivity index (χ1v) is 9.46. The van der Waals surface area contributed by atoms with Crippen molar-refractivity contribution in [3.63, 3.8) is 0 Å². The van der Waals surface area contributed by atoms with Crippen molar-refractivity contribution in [1.29, 1.82) is 0 Å². The number of hydrogen-bond acceptors (Lipinski definition) is 6. The first-order chi connectivity index (χ1) is 12.7. The number of carbonyl (C=O) groups excluding carboxylic acids is 1. The van der Waals surface area contributed by atoms with Crippen LogP contribution in [0, 0.1) is 10.1 Å². The number of ether oxygens (including phenoxy) is 1. The zero-order valence-corrected chi connectivity index (χ0v) is 15.4. The van der Waals surface area contributed by atoms with Crippen LogP contribution in [0.5, 0.6) is 5.75 Å². The number of rotatable bonds is 5. The summed E-state index contributed by atoms with van der Waals surface area (Å²) in [7, 11) is -4.13. The maximum absolute atomic E-state index is 13.0. The lowest BCUT2D eigenvalue weighted by Gasteiger charge is -2.38. The molecule has 3 rings (SSSR count). The van der Waals surface area contributed by atoms with Crippen molar-refractivity contribution >= 4 is 27.5 Å². The number of non-ortho nitro benzene ring substituents is 1. The van der Waals surface area contributed by atoms with Crippen LogP contribution in [0.4, 0.5) is 11.4 Å². The number of carbonyl (C=O) groups is 1. The fourth-order valence-corrected chi connectivity index (χ4v) is 4.41. The minimum Gasteiger partial charge on any atom is -0.472 e. The van der Waals surface area contributed by atoms with Gasteiger partial charge in [0.2, 0.25) is 0 Å². The Hall–Kier alpha value is -3.14. The first kappa shape index (κ1) is 18.6. The van der Waals surface area contributed by atoms with Gasteiger partial charge in [0, 0.05) is 18.2 Å². The Bertz CT molecular complexity index is 988. The first-order valence-electron chi connectivity index (χ1n) is 8.06. The minimum absolute atomic E-state index is 0.102. The summed E-state index contributed by atoms with van der Waals surface area (Å²) in [6, 6.07) is 11.1. The molecule has 2 aromatic rings. The van der Waals surface area contributed by atoms with Crippen LogP contribution >= 0.6 is 0 Å². The van der Waals surface area contributed by atoms with Crippen molar-refractivity contribution in [1.82, 2.24) is 4.31 Å². The van der Waals surface area contributed by atoms with Crippen LogP contribution in [-0.4, -0.2) is 36.3 Å². The zero-order valence-electron chi connectivity index (χ0n) is 14.6. The maximum Gasteiger partial charge on any atom is 0.331 e. The lowest BCUT2D eigenvalue weighted by atomic mass is 10.1. The van der Waals surface area contributed by atoms with Gasteiger partial charge in [-0.05, 0) is 38.1 Å². The van der Waals surface area contributed by atoms with E-state index in [1.165, 1.54) is 30.3 Å². The van der Waals surface area contributed by atoms with E-state index >= 15 is 0 Å². The number of nitro groups is 1. The molecule has 0 aliphatic carbocycles. The van der Waals surface area contributed by atoms with Gasteiger partial charge in [-0.25, -0.2) is 8.61 Å². The quantitative estimate of drug-likeness (QED) is 0.572. The zero-order chi connectivity index (χ0) is 19.8. The summed E-state index contributed by atoms with van der Waals surface area (Å²) >= 11 is 0. The van der Waals surface area contributed by atoms with E-state index in [1.807, 2.05) is 0 Å². The maximum atomic E-state index is 13.0. The van der Waals surface area contributed by atoms with Crippen molar-refractivity contribution in [2.75, 3.05) is 11.0 Å². The molecular weight excluding hydrogens is 374 g/mol. The third kappa shape index (κ3) is 3.31. The monoisotopic (exact) mass is 391 g/mol. The van der Waals surface area contributed by atoms with Gasteiger partial charge in [-0.1, -0.05) is 12.1 Å². The highest BCUT2D eigenvalue weighted by molar-refractivity contribution is 7.91. The molecule has 0 spiro atoms. The average Bonchev–Trinajstić information content (AvgIpc) is 2.61. The van der Waals surface area contributed by atoms with E-state index in [0.717, 1.165) is 8.61 Å². The van der Waals surface area contributed by atoms with Crippen molar-refractivity contribution in [2.24, 2.45) is 0 Å². The van der Waals surface area contributed by atoms with E-state index in [2.05, 4.69) is 0 Å². The predicted molar refractivity (Wildman–Crippen MR) is 97.7 cm³/mol. The molecule has 0 N–H and O–H groups in total. The van der Waals surface area contributed by atoms with Crippen LogP contribution in [0.2, 0.25) is 0 Å². The molecular formula is C17H17N3O6S. The minimum atomic E-state index is -4.13. The summed E-state index contributed by atoms with van der Waals surface area (Å²) < 4.78 is 33.2. The van der Waals surface area contributed by atoms with Crippen molar-refractivity contribution < 1.29 is 22.9 Å². The molecule has 9 nitrogen and oxygen atoms in total. The molecule has 0 radical (unpaired) electrons. The Kier molecular flexibility index (Phi) is 4.75. The molecule has 1 heterocycles. The summed E-state index contributed by atoms with van der Waals surface area (Å²) in [6.45, 7) is 2.84. The number of nitro benzene ring substituents is 1. The van der Waals surface area contributed by atoms with Crippen LogP contribution in [0.3, 0.4) is 0 Å². The highest BCUT2D eigenvalue weighted by Crippen LogP contribution is 2.33. The van der Waals surface area contributed by atoms with E-state index in [-0.39, 0.29) is 29.4 Å². The van der Waals surface area contributed by atoms with Crippen LogP contribution < -0.4 is 9.04 Å². The number of amides is 1. The molecule has 1 aliphatic rings. The Morgan fingerprint density at radius 3 is 2.33 bits per heavy atom. The molecule has 0 unspecified atom stereocenters. The second kappa shape index (κ2) is 6.88. The highest BCUT2D eigenvalue weighted by Gasteiger charge is 2.43. The van der Waals surface area contributed by atoms with E-state index in [4.69, 9.17) is 4.74 Å². The number of fused-ring (bicyclic) bond motifs is 1. The number of nitrogens with zero attached hydrogens (tertiary/aromatic N) is 3. The van der Waals surface area contributed by atoms with E-state index < -0.39 is 27.1 Å². The fraction of sp³-hybridized carbons (Fsp3) is 0.235. The summed E-state index contributed by atoms with van der Waals surface area (Å²) in [5.41, 5.74) is 0.379. The number of anilines is 1. The molecule has 0 aromatic heterocycles. The summed E-state index contributed by atoms with van der Waals surface area (Å²) in [4.78, 5) is 22.8. The van der Waals surface area contributed by atoms with Crippen LogP contribution in [0.25, 0.3) is 0 Å².